The third kappa shape index (κ3) is 4.11. The Morgan fingerprint density at radius 1 is 1.11 bits per heavy atom. The zero-order valence-electron chi connectivity index (χ0n) is 15.2. The molecule has 0 saturated heterocycles. The van der Waals surface area contributed by atoms with E-state index in [0.717, 1.165) is 6.07 Å². The molecule has 2 N–H and O–H groups in total. The van der Waals surface area contributed by atoms with Gasteiger partial charge in [0, 0.05) is 16.8 Å². The van der Waals surface area contributed by atoms with E-state index < -0.39 is 30.0 Å². The molecule has 1 heterocycles. The van der Waals surface area contributed by atoms with E-state index in [0.29, 0.717) is 16.4 Å². The van der Waals surface area contributed by atoms with Gasteiger partial charge in [0.1, 0.15) is 29.1 Å². The Balaban J connectivity index is 2.06. The topological polar surface area (TPSA) is 62.5 Å². The fraction of sp³-hybridized carbons (Fsp3) is 0.350. The molecular weight excluding hydrogens is 378 g/mol. The summed E-state index contributed by atoms with van der Waals surface area (Å²) in [6, 6.07) is 4.21. The van der Waals surface area contributed by atoms with Gasteiger partial charge in [-0.05, 0) is 42.2 Å². The van der Waals surface area contributed by atoms with Gasteiger partial charge in [-0.25, -0.2) is 4.39 Å². The number of carbonyl (C=O) groups is 1. The molecule has 0 aliphatic rings. The number of halogens is 4. The first-order valence-electron chi connectivity index (χ1n) is 8.73. The number of alkyl halides is 3. The van der Waals surface area contributed by atoms with Crippen LogP contribution in [0, 0.1) is 11.7 Å². The molecule has 0 saturated carbocycles. The number of fused-ring (bicyclic) bond motifs is 3. The molecule has 0 fully saturated rings. The van der Waals surface area contributed by atoms with Crippen molar-refractivity contribution in [1.29, 1.82) is 0 Å². The van der Waals surface area contributed by atoms with Gasteiger partial charge in [0.15, 0.2) is 0 Å². The molecular formula is C20H19F4NO3. The smallest absolute Gasteiger partial charge is 0.407 e. The van der Waals surface area contributed by atoms with E-state index in [2.05, 4.69) is 5.32 Å². The normalized spacial score (nSPS) is 14.7. The Labute approximate surface area is 158 Å². The number of hydrogen-bond donors (Lipinski definition) is 2. The van der Waals surface area contributed by atoms with Crippen molar-refractivity contribution in [1.82, 2.24) is 5.32 Å². The minimum absolute atomic E-state index is 0.0536. The summed E-state index contributed by atoms with van der Waals surface area (Å²) in [6.45, 7) is 3.48. The summed E-state index contributed by atoms with van der Waals surface area (Å²) in [5.74, 6) is -1.95. The molecule has 4 nitrogen and oxygen atoms in total. The molecule has 3 aromatic rings. The number of carboxylic acid groups (broad SMARTS) is 1. The first kappa shape index (κ1) is 20.1. The largest absolute Gasteiger partial charge is 0.480 e. The predicted molar refractivity (Wildman–Crippen MR) is 96.5 cm³/mol. The van der Waals surface area contributed by atoms with Gasteiger partial charge in [0.25, 0.3) is 0 Å². The number of carboxylic acids is 1. The van der Waals surface area contributed by atoms with Crippen molar-refractivity contribution in [3.05, 3.63) is 47.8 Å². The van der Waals surface area contributed by atoms with Crippen LogP contribution in [-0.4, -0.2) is 23.3 Å². The Kier molecular flexibility index (Phi) is 5.34. The number of benzene rings is 2. The molecule has 1 unspecified atom stereocenters. The van der Waals surface area contributed by atoms with E-state index >= 15 is 0 Å². The lowest BCUT2D eigenvalue weighted by Crippen LogP contribution is -2.45. The van der Waals surface area contributed by atoms with Gasteiger partial charge in [0.2, 0.25) is 0 Å². The summed E-state index contributed by atoms with van der Waals surface area (Å²) in [6.07, 6.45) is -4.65. The highest BCUT2D eigenvalue weighted by atomic mass is 19.4. The molecule has 0 aliphatic heterocycles. The third-order valence-electron chi connectivity index (χ3n) is 4.49. The number of hydrogen-bond acceptors (Lipinski definition) is 3. The third-order valence-corrected chi connectivity index (χ3v) is 4.49. The maximum Gasteiger partial charge on any atom is 0.407 e. The summed E-state index contributed by atoms with van der Waals surface area (Å²) >= 11 is 0. The molecule has 28 heavy (non-hydrogen) atoms. The van der Waals surface area contributed by atoms with Crippen LogP contribution in [0.15, 0.2) is 40.8 Å². The average molecular weight is 397 g/mol. The van der Waals surface area contributed by atoms with Crippen molar-refractivity contribution in [2.75, 3.05) is 0 Å². The molecule has 2 atom stereocenters. The Morgan fingerprint density at radius 2 is 1.82 bits per heavy atom. The second-order valence-corrected chi connectivity index (χ2v) is 7.16. The summed E-state index contributed by atoms with van der Waals surface area (Å²) in [7, 11) is 0. The molecule has 3 rings (SSSR count). The highest BCUT2D eigenvalue weighted by Gasteiger charge is 2.43. The molecule has 0 aliphatic carbocycles. The molecule has 0 spiro atoms. The van der Waals surface area contributed by atoms with Gasteiger partial charge in [0.05, 0.1) is 0 Å². The molecule has 0 bridgehead atoms. The number of aliphatic carboxylic acids is 1. The monoisotopic (exact) mass is 397 g/mol. The van der Waals surface area contributed by atoms with Crippen LogP contribution < -0.4 is 5.32 Å². The van der Waals surface area contributed by atoms with E-state index in [9.17, 15) is 27.5 Å². The Morgan fingerprint density at radius 3 is 2.43 bits per heavy atom. The van der Waals surface area contributed by atoms with E-state index in [1.54, 1.807) is 13.8 Å². The Hall–Kier alpha value is -2.61. The van der Waals surface area contributed by atoms with Crippen LogP contribution >= 0.6 is 0 Å². The number of furan rings is 1. The molecule has 1 aromatic heterocycles. The summed E-state index contributed by atoms with van der Waals surface area (Å²) in [4.78, 5) is 11.4. The average Bonchev–Trinajstić information content (AvgIpc) is 2.93. The Bertz CT molecular complexity index is 1010. The first-order chi connectivity index (χ1) is 13.1. The zero-order chi connectivity index (χ0) is 20.6. The van der Waals surface area contributed by atoms with Crippen molar-refractivity contribution >= 4 is 27.9 Å². The maximum absolute atomic E-state index is 13.7. The SMILES string of the molecule is CC(C)C[C@H](NC(c1ccc2oc3cc(F)ccc3c2c1)C(F)(F)F)C(=O)O. The van der Waals surface area contributed by atoms with Crippen molar-refractivity contribution < 1.29 is 31.9 Å². The standard InChI is InChI=1S/C20H19F4NO3/c1-10(2)7-15(19(26)27)25-18(20(22,23)24)11-3-6-16-14(8-11)13-5-4-12(21)9-17(13)28-16/h3-6,8-10,15,18,25H,7H2,1-2H3,(H,26,27)/t15-,18?/m0/s1. The van der Waals surface area contributed by atoms with E-state index in [-0.39, 0.29) is 23.5 Å². The van der Waals surface area contributed by atoms with Crippen LogP contribution in [0.4, 0.5) is 17.6 Å². The quantitative estimate of drug-likeness (QED) is 0.546. The van der Waals surface area contributed by atoms with Gasteiger partial charge >= 0.3 is 12.1 Å². The lowest BCUT2D eigenvalue weighted by atomic mass is 9.99. The fourth-order valence-electron chi connectivity index (χ4n) is 3.24. The van der Waals surface area contributed by atoms with Crippen molar-refractivity contribution in [2.24, 2.45) is 5.92 Å². The number of nitrogens with one attached hydrogen (secondary N) is 1. The van der Waals surface area contributed by atoms with E-state index in [4.69, 9.17) is 4.42 Å². The minimum atomic E-state index is -4.70. The van der Waals surface area contributed by atoms with Crippen LogP contribution in [0.5, 0.6) is 0 Å². The van der Waals surface area contributed by atoms with Crippen LogP contribution in [0.3, 0.4) is 0 Å². The van der Waals surface area contributed by atoms with E-state index in [1.165, 1.54) is 30.3 Å². The van der Waals surface area contributed by atoms with Gasteiger partial charge in [-0.3, -0.25) is 10.1 Å². The van der Waals surface area contributed by atoms with Crippen molar-refractivity contribution in [2.45, 2.75) is 38.5 Å². The highest BCUT2D eigenvalue weighted by Crippen LogP contribution is 2.37. The van der Waals surface area contributed by atoms with Crippen molar-refractivity contribution in [3.63, 3.8) is 0 Å². The maximum atomic E-state index is 13.7. The van der Waals surface area contributed by atoms with Crippen molar-refractivity contribution in [3.8, 4) is 0 Å². The van der Waals surface area contributed by atoms with E-state index in [1.807, 2.05) is 0 Å². The minimum Gasteiger partial charge on any atom is -0.480 e. The second-order valence-electron chi connectivity index (χ2n) is 7.16. The second kappa shape index (κ2) is 7.43. The first-order valence-corrected chi connectivity index (χ1v) is 8.73. The molecule has 2 aromatic carbocycles. The lowest BCUT2D eigenvalue weighted by molar-refractivity contribution is -0.163. The van der Waals surface area contributed by atoms with Gasteiger partial charge in [-0.1, -0.05) is 19.9 Å². The lowest BCUT2D eigenvalue weighted by Gasteiger charge is -2.26. The summed E-state index contributed by atoms with van der Waals surface area (Å²) in [5, 5.41) is 12.4. The van der Waals surface area contributed by atoms with Crippen LogP contribution in [0.25, 0.3) is 21.9 Å². The summed E-state index contributed by atoms with van der Waals surface area (Å²) in [5.41, 5.74) is 0.413. The van der Waals surface area contributed by atoms with Crippen LogP contribution in [0.1, 0.15) is 31.9 Å². The predicted octanol–water partition coefficient (Wildman–Crippen LogP) is 5.42. The summed E-state index contributed by atoms with van der Waals surface area (Å²) < 4.78 is 60.1. The van der Waals surface area contributed by atoms with Crippen LogP contribution in [-0.2, 0) is 4.79 Å². The fourth-order valence-corrected chi connectivity index (χ4v) is 3.24. The van der Waals surface area contributed by atoms with Gasteiger partial charge in [-0.15, -0.1) is 0 Å². The van der Waals surface area contributed by atoms with Gasteiger partial charge in [-0.2, -0.15) is 13.2 Å². The number of rotatable bonds is 6. The van der Waals surface area contributed by atoms with Crippen LogP contribution in [0.2, 0.25) is 0 Å². The molecule has 0 radical (unpaired) electrons. The van der Waals surface area contributed by atoms with Gasteiger partial charge < -0.3 is 9.52 Å². The molecule has 8 heteroatoms. The highest BCUT2D eigenvalue weighted by molar-refractivity contribution is 6.05. The zero-order valence-corrected chi connectivity index (χ0v) is 15.2. The molecule has 0 amide bonds. The molecule has 150 valence electrons.